The van der Waals surface area contributed by atoms with Gasteiger partial charge in [-0.15, -0.1) is 11.3 Å². The number of thiophene rings is 1. The number of piperazine rings is 1. The molecule has 1 N–H and O–H groups in total. The molecule has 0 bridgehead atoms. The van der Waals surface area contributed by atoms with Gasteiger partial charge in [-0.3, -0.25) is 9.69 Å². The number of hydrogen-bond donors (Lipinski definition) is 1. The summed E-state index contributed by atoms with van der Waals surface area (Å²) in [5.74, 6) is 0.279. The molecule has 1 aliphatic heterocycles. The van der Waals surface area contributed by atoms with Crippen molar-refractivity contribution in [1.29, 1.82) is 0 Å². The highest BCUT2D eigenvalue weighted by Crippen LogP contribution is 2.28. The monoisotopic (exact) mass is 309 g/mol. The van der Waals surface area contributed by atoms with Gasteiger partial charge in [-0.05, 0) is 37.4 Å². The van der Waals surface area contributed by atoms with Gasteiger partial charge in [-0.2, -0.15) is 0 Å². The van der Waals surface area contributed by atoms with Gasteiger partial charge in [0.2, 0.25) is 5.91 Å². The molecule has 1 unspecified atom stereocenters. The van der Waals surface area contributed by atoms with Crippen molar-refractivity contribution in [1.82, 2.24) is 15.1 Å². The lowest BCUT2D eigenvalue weighted by Gasteiger charge is -2.36. The summed E-state index contributed by atoms with van der Waals surface area (Å²) in [5.41, 5.74) is 0. The van der Waals surface area contributed by atoms with E-state index in [9.17, 15) is 4.79 Å². The quantitative estimate of drug-likeness (QED) is 0.840. The molecule has 0 aliphatic carbocycles. The van der Waals surface area contributed by atoms with Gasteiger partial charge >= 0.3 is 0 Å². The van der Waals surface area contributed by atoms with E-state index in [0.29, 0.717) is 0 Å². The smallest absolute Gasteiger partial charge is 0.245 e. The molecule has 2 rings (SSSR count). The fourth-order valence-corrected chi connectivity index (χ4v) is 3.76. The number of nitrogens with zero attached hydrogens (tertiary/aromatic N) is 2. The second-order valence-corrected chi connectivity index (χ2v) is 6.51. The van der Waals surface area contributed by atoms with Crippen molar-refractivity contribution in [3.8, 4) is 0 Å². The van der Waals surface area contributed by atoms with Crippen LogP contribution >= 0.6 is 11.3 Å². The van der Waals surface area contributed by atoms with Gasteiger partial charge in [0.05, 0.1) is 0 Å². The average molecular weight is 309 g/mol. The molecular formula is C16H27N3OS. The molecule has 1 fully saturated rings. The molecule has 4 nitrogen and oxygen atoms in total. The summed E-state index contributed by atoms with van der Waals surface area (Å²) in [6.45, 7) is 9.80. The molecule has 21 heavy (non-hydrogen) atoms. The number of hydrogen-bond acceptors (Lipinski definition) is 4. The van der Waals surface area contributed by atoms with Crippen LogP contribution in [0.3, 0.4) is 0 Å². The molecule has 0 spiro atoms. The van der Waals surface area contributed by atoms with Crippen LogP contribution in [0.1, 0.15) is 37.6 Å². The van der Waals surface area contributed by atoms with E-state index in [-0.39, 0.29) is 11.9 Å². The molecule has 1 aromatic rings. The Morgan fingerprint density at radius 2 is 2.00 bits per heavy atom. The Hall–Kier alpha value is -0.910. The Balaban J connectivity index is 2.19. The van der Waals surface area contributed by atoms with Crippen LogP contribution in [0.5, 0.6) is 0 Å². The molecule has 1 aliphatic rings. The van der Waals surface area contributed by atoms with Gasteiger partial charge in [0.15, 0.2) is 0 Å². The molecular weight excluding hydrogens is 282 g/mol. The second-order valence-electron chi connectivity index (χ2n) is 5.53. The van der Waals surface area contributed by atoms with E-state index in [0.717, 1.165) is 52.1 Å². The van der Waals surface area contributed by atoms with Gasteiger partial charge in [0, 0.05) is 31.1 Å². The maximum absolute atomic E-state index is 13.1. The van der Waals surface area contributed by atoms with Crippen LogP contribution in [0.25, 0.3) is 0 Å². The van der Waals surface area contributed by atoms with Crippen molar-refractivity contribution in [3.05, 3.63) is 22.4 Å². The first-order valence-corrected chi connectivity index (χ1v) is 8.92. The van der Waals surface area contributed by atoms with Crippen molar-refractivity contribution in [2.75, 3.05) is 39.3 Å². The second kappa shape index (κ2) is 8.51. The number of rotatable bonds is 7. The fourth-order valence-electron chi connectivity index (χ4n) is 2.91. The van der Waals surface area contributed by atoms with E-state index >= 15 is 0 Å². The van der Waals surface area contributed by atoms with E-state index in [4.69, 9.17) is 0 Å². The Morgan fingerprint density at radius 1 is 1.33 bits per heavy atom. The molecule has 1 saturated heterocycles. The highest BCUT2D eigenvalue weighted by molar-refractivity contribution is 7.10. The third-order valence-electron chi connectivity index (χ3n) is 3.86. The average Bonchev–Trinajstić information content (AvgIpc) is 3.03. The Kier molecular flexibility index (Phi) is 6.67. The molecule has 1 amide bonds. The molecule has 0 aromatic carbocycles. The van der Waals surface area contributed by atoms with Crippen molar-refractivity contribution < 1.29 is 4.79 Å². The zero-order chi connectivity index (χ0) is 15.1. The highest BCUT2D eigenvalue weighted by atomic mass is 32.1. The van der Waals surface area contributed by atoms with Crippen molar-refractivity contribution in [2.45, 2.75) is 32.7 Å². The third kappa shape index (κ3) is 4.28. The predicted molar refractivity (Wildman–Crippen MR) is 88.7 cm³/mol. The molecule has 1 aromatic heterocycles. The summed E-state index contributed by atoms with van der Waals surface area (Å²) in [4.78, 5) is 18.6. The lowest BCUT2D eigenvalue weighted by molar-refractivity contribution is -0.137. The van der Waals surface area contributed by atoms with Gasteiger partial charge in [-0.1, -0.05) is 19.9 Å². The van der Waals surface area contributed by atoms with Crippen molar-refractivity contribution in [3.63, 3.8) is 0 Å². The van der Waals surface area contributed by atoms with Gasteiger partial charge in [0.25, 0.3) is 0 Å². The number of amides is 1. The maximum Gasteiger partial charge on any atom is 0.245 e. The first-order chi connectivity index (χ1) is 10.3. The molecule has 118 valence electrons. The third-order valence-corrected chi connectivity index (χ3v) is 4.79. The SMILES string of the molecule is CCCN(CCC)C(C(=O)N1CCNCC1)c1cccs1. The van der Waals surface area contributed by atoms with Crippen LogP contribution in [0.15, 0.2) is 17.5 Å². The number of carbonyl (C=O) groups is 1. The number of carbonyl (C=O) groups excluding carboxylic acids is 1. The predicted octanol–water partition coefficient (Wildman–Crippen LogP) is 2.34. The van der Waals surface area contributed by atoms with Crippen LogP contribution in [-0.2, 0) is 4.79 Å². The van der Waals surface area contributed by atoms with Crippen LogP contribution in [-0.4, -0.2) is 55.0 Å². The van der Waals surface area contributed by atoms with Gasteiger partial charge in [-0.25, -0.2) is 0 Å². The van der Waals surface area contributed by atoms with Crippen molar-refractivity contribution in [2.24, 2.45) is 0 Å². The minimum Gasteiger partial charge on any atom is -0.338 e. The lowest BCUT2D eigenvalue weighted by atomic mass is 10.1. The Morgan fingerprint density at radius 3 is 2.52 bits per heavy atom. The molecule has 1 atom stereocenters. The normalized spacial score (nSPS) is 17.2. The standard InChI is InChI=1S/C16H27N3OS/c1-3-9-18(10-4-2)15(14-6-5-13-21-14)16(20)19-11-7-17-8-12-19/h5-6,13,15,17H,3-4,7-12H2,1-2H3. The van der Waals surface area contributed by atoms with E-state index in [1.807, 2.05) is 11.0 Å². The molecule has 2 heterocycles. The zero-order valence-electron chi connectivity index (χ0n) is 13.2. The first kappa shape index (κ1) is 16.5. The van der Waals surface area contributed by atoms with Crippen LogP contribution in [0.2, 0.25) is 0 Å². The Labute approximate surface area is 132 Å². The minimum atomic E-state index is -0.0944. The highest BCUT2D eigenvalue weighted by Gasteiger charge is 2.31. The van der Waals surface area contributed by atoms with E-state index in [2.05, 4.69) is 35.5 Å². The van der Waals surface area contributed by atoms with Crippen LogP contribution in [0.4, 0.5) is 0 Å². The lowest BCUT2D eigenvalue weighted by Crippen LogP contribution is -2.50. The fraction of sp³-hybridized carbons (Fsp3) is 0.688. The molecule has 5 heteroatoms. The Bertz CT molecular complexity index is 409. The van der Waals surface area contributed by atoms with Gasteiger partial charge < -0.3 is 10.2 Å². The summed E-state index contributed by atoms with van der Waals surface area (Å²) in [6.07, 6.45) is 2.16. The summed E-state index contributed by atoms with van der Waals surface area (Å²) in [7, 11) is 0. The van der Waals surface area contributed by atoms with Crippen LogP contribution in [0, 0.1) is 0 Å². The zero-order valence-corrected chi connectivity index (χ0v) is 14.0. The van der Waals surface area contributed by atoms with E-state index < -0.39 is 0 Å². The first-order valence-electron chi connectivity index (χ1n) is 8.04. The molecule has 0 saturated carbocycles. The van der Waals surface area contributed by atoms with Crippen LogP contribution < -0.4 is 5.32 Å². The van der Waals surface area contributed by atoms with Crippen molar-refractivity contribution >= 4 is 17.2 Å². The summed E-state index contributed by atoms with van der Waals surface area (Å²) in [5, 5.41) is 5.39. The summed E-state index contributed by atoms with van der Waals surface area (Å²) >= 11 is 1.70. The summed E-state index contributed by atoms with van der Waals surface area (Å²) in [6, 6.07) is 4.06. The minimum absolute atomic E-state index is 0.0944. The van der Waals surface area contributed by atoms with E-state index in [1.54, 1.807) is 11.3 Å². The topological polar surface area (TPSA) is 35.6 Å². The van der Waals surface area contributed by atoms with Gasteiger partial charge in [0.1, 0.15) is 6.04 Å². The summed E-state index contributed by atoms with van der Waals surface area (Å²) < 4.78 is 0. The number of nitrogens with one attached hydrogen (secondary N) is 1. The largest absolute Gasteiger partial charge is 0.338 e. The maximum atomic E-state index is 13.1. The molecule has 0 radical (unpaired) electrons. The van der Waals surface area contributed by atoms with E-state index in [1.165, 1.54) is 4.88 Å².